The van der Waals surface area contributed by atoms with Gasteiger partial charge in [0.15, 0.2) is 0 Å². The minimum atomic E-state index is -0.754. The molecule has 1 amide bonds. The lowest BCUT2D eigenvalue weighted by atomic mass is 9.99. The van der Waals surface area contributed by atoms with Crippen LogP contribution in [0.25, 0.3) is 0 Å². The van der Waals surface area contributed by atoms with Crippen molar-refractivity contribution in [1.82, 2.24) is 9.88 Å². The van der Waals surface area contributed by atoms with Crippen LogP contribution in [0.5, 0.6) is 0 Å². The van der Waals surface area contributed by atoms with Crippen LogP contribution in [-0.2, 0) is 16.0 Å². The lowest BCUT2D eigenvalue weighted by Gasteiger charge is -2.34. The molecule has 2 atom stereocenters. The summed E-state index contributed by atoms with van der Waals surface area (Å²) >= 11 is 0. The van der Waals surface area contributed by atoms with E-state index in [1.807, 2.05) is 29.2 Å². The van der Waals surface area contributed by atoms with Gasteiger partial charge in [0.05, 0.1) is 12.1 Å². The number of aromatic nitrogens is 1. The molecule has 1 unspecified atom stereocenters. The number of likely N-dealkylation sites (tertiary alicyclic amines) is 1. The molecule has 2 rings (SSSR count). The third-order valence-corrected chi connectivity index (χ3v) is 4.85. The molecule has 0 saturated carbocycles. The Kier molecular flexibility index (Phi) is 8.98. The van der Waals surface area contributed by atoms with E-state index in [1.165, 1.54) is 0 Å². The van der Waals surface area contributed by atoms with Gasteiger partial charge < -0.3 is 15.1 Å². The van der Waals surface area contributed by atoms with Gasteiger partial charge in [-0.25, -0.2) is 0 Å². The molecule has 27 heavy (non-hydrogen) atoms. The molecular formula is C21H30N2O4. The van der Waals surface area contributed by atoms with E-state index in [-0.39, 0.29) is 18.4 Å². The topological polar surface area (TPSA) is 90.7 Å². The first kappa shape index (κ1) is 21.1. The van der Waals surface area contributed by atoms with Gasteiger partial charge in [-0.3, -0.25) is 14.6 Å². The second-order valence-electron chi connectivity index (χ2n) is 7.08. The molecule has 1 fully saturated rings. The van der Waals surface area contributed by atoms with Crippen LogP contribution in [0.3, 0.4) is 0 Å². The van der Waals surface area contributed by atoms with E-state index < -0.39 is 12.1 Å². The number of aliphatic hydroxyl groups is 1. The molecule has 0 radical (unpaired) electrons. The van der Waals surface area contributed by atoms with Gasteiger partial charge in [0.1, 0.15) is 0 Å². The molecule has 6 nitrogen and oxygen atoms in total. The summed E-state index contributed by atoms with van der Waals surface area (Å²) in [6.45, 7) is 0.692. The van der Waals surface area contributed by atoms with Crippen molar-refractivity contribution in [1.29, 1.82) is 0 Å². The molecule has 0 spiro atoms. The lowest BCUT2D eigenvalue weighted by molar-refractivity contribution is -0.137. The number of carboxylic acids is 1. The van der Waals surface area contributed by atoms with Crippen LogP contribution < -0.4 is 0 Å². The van der Waals surface area contributed by atoms with E-state index in [0.29, 0.717) is 25.8 Å². The molecule has 1 aliphatic heterocycles. The van der Waals surface area contributed by atoms with E-state index in [2.05, 4.69) is 4.98 Å². The van der Waals surface area contributed by atoms with E-state index in [4.69, 9.17) is 5.11 Å². The Morgan fingerprint density at radius 1 is 1.30 bits per heavy atom. The number of rotatable bonds is 11. The first-order valence-electron chi connectivity index (χ1n) is 9.84. The lowest BCUT2D eigenvalue weighted by Crippen LogP contribution is -2.43. The van der Waals surface area contributed by atoms with Crippen molar-refractivity contribution in [2.45, 2.75) is 69.9 Å². The van der Waals surface area contributed by atoms with E-state index >= 15 is 0 Å². The van der Waals surface area contributed by atoms with Gasteiger partial charge in [-0.05, 0) is 37.8 Å². The second kappa shape index (κ2) is 11.5. The first-order chi connectivity index (χ1) is 13.1. The molecule has 0 bridgehead atoms. The molecule has 1 aromatic heterocycles. The summed E-state index contributed by atoms with van der Waals surface area (Å²) in [4.78, 5) is 28.9. The molecule has 148 valence electrons. The highest BCUT2D eigenvalue weighted by molar-refractivity contribution is 5.77. The maximum atomic E-state index is 12.3. The normalized spacial score (nSPS) is 18.8. The number of unbranched alkanes of at least 4 members (excludes halogenated alkanes) is 3. The van der Waals surface area contributed by atoms with Crippen molar-refractivity contribution in [2.24, 2.45) is 0 Å². The highest BCUT2D eigenvalue weighted by atomic mass is 16.4. The summed E-state index contributed by atoms with van der Waals surface area (Å²) in [5, 5.41) is 18.9. The number of piperidine rings is 1. The van der Waals surface area contributed by atoms with Crippen molar-refractivity contribution in [3.8, 4) is 0 Å². The predicted octanol–water partition coefficient (Wildman–Crippen LogP) is 2.96. The highest BCUT2D eigenvalue weighted by Gasteiger charge is 2.25. The van der Waals surface area contributed by atoms with E-state index in [9.17, 15) is 14.7 Å². The molecule has 1 aliphatic rings. The molecular weight excluding hydrogens is 344 g/mol. The van der Waals surface area contributed by atoms with Crippen molar-refractivity contribution in [2.75, 3.05) is 6.54 Å². The summed E-state index contributed by atoms with van der Waals surface area (Å²) in [6, 6.07) is 5.66. The van der Waals surface area contributed by atoms with Crippen molar-refractivity contribution in [3.05, 3.63) is 42.2 Å². The van der Waals surface area contributed by atoms with Crippen LogP contribution in [-0.4, -0.2) is 50.7 Å². The fourth-order valence-corrected chi connectivity index (χ4v) is 3.41. The fourth-order valence-electron chi connectivity index (χ4n) is 3.41. The summed E-state index contributed by atoms with van der Waals surface area (Å²) < 4.78 is 0. The van der Waals surface area contributed by atoms with Crippen molar-refractivity contribution in [3.63, 3.8) is 0 Å². The zero-order chi connectivity index (χ0) is 19.5. The Hall–Kier alpha value is -2.21. The fraction of sp³-hybridized carbons (Fsp3) is 0.571. The van der Waals surface area contributed by atoms with Crippen LogP contribution >= 0.6 is 0 Å². The smallest absolute Gasteiger partial charge is 0.303 e. The summed E-state index contributed by atoms with van der Waals surface area (Å²) in [7, 11) is 0. The summed E-state index contributed by atoms with van der Waals surface area (Å²) in [5.74, 6) is -0.587. The number of carbonyl (C=O) groups is 2. The molecule has 2 N–H and O–H groups in total. The van der Waals surface area contributed by atoms with Gasteiger partial charge in [0, 0.05) is 37.7 Å². The quantitative estimate of drug-likeness (QED) is 0.459. The number of hydrogen-bond donors (Lipinski definition) is 2. The number of hydrogen-bond acceptors (Lipinski definition) is 4. The van der Waals surface area contributed by atoms with Crippen molar-refractivity contribution >= 4 is 11.9 Å². The van der Waals surface area contributed by atoms with Crippen LogP contribution in [0.15, 0.2) is 36.5 Å². The number of carbonyl (C=O) groups excluding carboxylic acids is 1. The largest absolute Gasteiger partial charge is 0.481 e. The van der Waals surface area contributed by atoms with Gasteiger partial charge in [0.2, 0.25) is 5.91 Å². The second-order valence-corrected chi connectivity index (χ2v) is 7.08. The minimum Gasteiger partial charge on any atom is -0.481 e. The number of pyridine rings is 1. The SMILES string of the molecule is O=C(O)CCCCCCN1C(=O)CCC[C@@H]1C=CC(O)Cc1ccccn1. The molecule has 2 heterocycles. The molecule has 0 aliphatic carbocycles. The third kappa shape index (κ3) is 7.91. The number of carboxylic acid groups (broad SMARTS) is 1. The van der Waals surface area contributed by atoms with E-state index in [0.717, 1.165) is 37.8 Å². The number of nitrogens with zero attached hydrogens (tertiary/aromatic N) is 2. The molecule has 0 aromatic carbocycles. The predicted molar refractivity (Wildman–Crippen MR) is 103 cm³/mol. The van der Waals surface area contributed by atoms with Gasteiger partial charge in [0.25, 0.3) is 0 Å². The third-order valence-electron chi connectivity index (χ3n) is 4.85. The standard InChI is InChI=1S/C21H30N2O4/c24-19(16-17-8-4-5-14-22-17)13-12-18-9-7-10-20(25)23(18)15-6-2-1-3-11-21(26)27/h4-5,8,12-14,18-19,24H,1-3,6-7,9-11,15-16H2,(H,26,27)/t18-,19?/m1/s1. The Morgan fingerprint density at radius 3 is 2.85 bits per heavy atom. The minimum absolute atomic E-state index is 0.0312. The first-order valence-corrected chi connectivity index (χ1v) is 9.84. The monoisotopic (exact) mass is 374 g/mol. The number of aliphatic carboxylic acids is 1. The van der Waals surface area contributed by atoms with Crippen molar-refractivity contribution < 1.29 is 19.8 Å². The van der Waals surface area contributed by atoms with Crippen LogP contribution in [0.1, 0.15) is 57.1 Å². The molecule has 6 heteroatoms. The average Bonchev–Trinajstić information content (AvgIpc) is 2.65. The Balaban J connectivity index is 1.79. The van der Waals surface area contributed by atoms with Gasteiger partial charge in [-0.15, -0.1) is 0 Å². The Bertz CT molecular complexity index is 618. The highest BCUT2D eigenvalue weighted by Crippen LogP contribution is 2.20. The van der Waals surface area contributed by atoms with Gasteiger partial charge in [-0.2, -0.15) is 0 Å². The van der Waals surface area contributed by atoms with Crippen LogP contribution in [0.4, 0.5) is 0 Å². The summed E-state index contributed by atoms with van der Waals surface area (Å²) in [5.41, 5.74) is 0.840. The zero-order valence-corrected chi connectivity index (χ0v) is 15.8. The zero-order valence-electron chi connectivity index (χ0n) is 15.8. The van der Waals surface area contributed by atoms with Gasteiger partial charge >= 0.3 is 5.97 Å². The average molecular weight is 374 g/mol. The summed E-state index contributed by atoms with van der Waals surface area (Å²) in [6.07, 6.45) is 11.2. The molecule has 1 saturated heterocycles. The maximum Gasteiger partial charge on any atom is 0.303 e. The van der Waals surface area contributed by atoms with Crippen LogP contribution in [0, 0.1) is 0 Å². The Labute approximate surface area is 160 Å². The molecule has 1 aromatic rings. The Morgan fingerprint density at radius 2 is 2.11 bits per heavy atom. The van der Waals surface area contributed by atoms with Gasteiger partial charge in [-0.1, -0.05) is 31.1 Å². The maximum absolute atomic E-state index is 12.3. The number of amides is 1. The number of aliphatic hydroxyl groups excluding tert-OH is 1. The van der Waals surface area contributed by atoms with E-state index in [1.54, 1.807) is 12.3 Å². The van der Waals surface area contributed by atoms with Crippen LogP contribution in [0.2, 0.25) is 0 Å².